The number of benzene rings is 1. The van der Waals surface area contributed by atoms with Crippen LogP contribution < -0.4 is 4.74 Å². The Morgan fingerprint density at radius 2 is 2.38 bits per heavy atom. The Balaban J connectivity index is 2.69. The van der Waals surface area contributed by atoms with Gasteiger partial charge in [0.2, 0.25) is 0 Å². The number of nitrogens with zero attached hydrogens (tertiary/aromatic N) is 3. The van der Waals surface area contributed by atoms with Crippen molar-refractivity contribution in [1.29, 1.82) is 0 Å². The van der Waals surface area contributed by atoms with Gasteiger partial charge in [-0.3, -0.25) is 0 Å². The molecule has 4 nitrogen and oxygen atoms in total. The lowest BCUT2D eigenvalue weighted by Crippen LogP contribution is -1.84. The second kappa shape index (κ2) is 6.62. The van der Waals surface area contributed by atoms with Crippen molar-refractivity contribution in [2.24, 2.45) is 5.11 Å². The van der Waals surface area contributed by atoms with Gasteiger partial charge in [-0.15, -0.1) is 0 Å². The summed E-state index contributed by atoms with van der Waals surface area (Å²) in [5.41, 5.74) is 8.80. The normalized spacial score (nSPS) is 8.62. The van der Waals surface area contributed by atoms with Gasteiger partial charge in [-0.1, -0.05) is 28.6 Å². The molecule has 0 aliphatic rings. The lowest BCUT2D eigenvalue weighted by atomic mass is 10.2. The number of hydrogen-bond donors (Lipinski definition) is 0. The van der Waals surface area contributed by atoms with Crippen LogP contribution in [-0.4, -0.2) is 13.7 Å². The van der Waals surface area contributed by atoms with E-state index in [9.17, 15) is 0 Å². The quantitative estimate of drug-likeness (QED) is 0.260. The average molecular weight is 236 g/mol. The molecular formula is C11H10ClN3O. The Hall–Kier alpha value is -1.82. The van der Waals surface area contributed by atoms with Gasteiger partial charge >= 0.3 is 0 Å². The lowest BCUT2D eigenvalue weighted by molar-refractivity contribution is 0.415. The molecule has 1 rings (SSSR count). The molecule has 0 fully saturated rings. The van der Waals surface area contributed by atoms with Gasteiger partial charge in [0.1, 0.15) is 5.75 Å². The van der Waals surface area contributed by atoms with Crippen LogP contribution in [0, 0.1) is 11.8 Å². The number of azide groups is 1. The van der Waals surface area contributed by atoms with Gasteiger partial charge in [0.15, 0.2) is 0 Å². The number of rotatable bonds is 3. The van der Waals surface area contributed by atoms with Crippen molar-refractivity contribution in [2.45, 2.75) is 6.42 Å². The van der Waals surface area contributed by atoms with E-state index in [-0.39, 0.29) is 0 Å². The van der Waals surface area contributed by atoms with Gasteiger partial charge in [0.05, 0.1) is 12.1 Å². The van der Waals surface area contributed by atoms with E-state index in [1.165, 1.54) is 0 Å². The predicted octanol–water partition coefficient (Wildman–Crippen LogP) is 3.40. The second-order valence-electron chi connectivity index (χ2n) is 2.85. The minimum Gasteiger partial charge on any atom is -0.497 e. The fourth-order valence-corrected chi connectivity index (χ4v) is 1.25. The summed E-state index contributed by atoms with van der Waals surface area (Å²) in [6.07, 6.45) is 0.520. The van der Waals surface area contributed by atoms with Crippen LogP contribution in [0.1, 0.15) is 12.0 Å². The van der Waals surface area contributed by atoms with Gasteiger partial charge < -0.3 is 4.74 Å². The molecule has 0 spiro atoms. The van der Waals surface area contributed by atoms with Crippen LogP contribution in [0.4, 0.5) is 0 Å². The number of halogens is 1. The van der Waals surface area contributed by atoms with Crippen molar-refractivity contribution >= 4 is 11.6 Å². The van der Waals surface area contributed by atoms with Crippen LogP contribution in [0.3, 0.4) is 0 Å². The summed E-state index contributed by atoms with van der Waals surface area (Å²) in [5, 5.41) is 3.93. The largest absolute Gasteiger partial charge is 0.497 e. The molecule has 16 heavy (non-hydrogen) atoms. The summed E-state index contributed by atoms with van der Waals surface area (Å²) in [7, 11) is 1.58. The number of hydrogen-bond acceptors (Lipinski definition) is 2. The molecule has 0 saturated heterocycles. The summed E-state index contributed by atoms with van der Waals surface area (Å²) in [6, 6.07) is 5.30. The third-order valence-electron chi connectivity index (χ3n) is 1.80. The van der Waals surface area contributed by atoms with Crippen molar-refractivity contribution in [1.82, 2.24) is 0 Å². The minimum absolute atomic E-state index is 0.372. The van der Waals surface area contributed by atoms with Crippen LogP contribution >= 0.6 is 11.6 Å². The smallest absolute Gasteiger partial charge is 0.120 e. The summed E-state index contributed by atoms with van der Waals surface area (Å²) < 4.78 is 5.02. The van der Waals surface area contributed by atoms with Crippen LogP contribution in [0.15, 0.2) is 23.3 Å². The SMILES string of the molecule is COc1ccc(C#CCCN=[N+]=[N-])c(Cl)c1. The molecule has 0 amide bonds. The van der Waals surface area contributed by atoms with Gasteiger partial charge in [0, 0.05) is 23.4 Å². The van der Waals surface area contributed by atoms with Crippen molar-refractivity contribution in [3.05, 3.63) is 39.2 Å². The monoisotopic (exact) mass is 235 g/mol. The fourth-order valence-electron chi connectivity index (χ4n) is 1.03. The van der Waals surface area contributed by atoms with Crippen molar-refractivity contribution in [2.75, 3.05) is 13.7 Å². The lowest BCUT2D eigenvalue weighted by Gasteiger charge is -2.00. The molecule has 82 valence electrons. The molecule has 0 unspecified atom stereocenters. The third-order valence-corrected chi connectivity index (χ3v) is 2.11. The van der Waals surface area contributed by atoms with Crippen molar-refractivity contribution < 1.29 is 4.74 Å². The molecule has 1 aromatic carbocycles. The zero-order chi connectivity index (χ0) is 11.8. The van der Waals surface area contributed by atoms with Crippen molar-refractivity contribution in [3.8, 4) is 17.6 Å². The van der Waals surface area contributed by atoms with E-state index in [1.54, 1.807) is 25.3 Å². The van der Waals surface area contributed by atoms with E-state index in [4.69, 9.17) is 21.9 Å². The van der Waals surface area contributed by atoms with E-state index < -0.39 is 0 Å². The molecule has 1 aromatic rings. The Kier molecular flexibility index (Phi) is 5.07. The molecule has 0 N–H and O–H groups in total. The Morgan fingerprint density at radius 1 is 1.56 bits per heavy atom. The average Bonchev–Trinajstić information content (AvgIpc) is 2.30. The molecule has 0 bridgehead atoms. The zero-order valence-corrected chi connectivity index (χ0v) is 9.53. The van der Waals surface area contributed by atoms with E-state index in [1.807, 2.05) is 0 Å². The molecule has 0 aliphatic carbocycles. The van der Waals surface area contributed by atoms with Crippen LogP contribution in [-0.2, 0) is 0 Å². The number of ether oxygens (including phenoxy) is 1. The number of methoxy groups -OCH3 is 1. The zero-order valence-electron chi connectivity index (χ0n) is 8.77. The Morgan fingerprint density at radius 3 is 3.00 bits per heavy atom. The first-order chi connectivity index (χ1) is 7.77. The first kappa shape index (κ1) is 12.3. The van der Waals surface area contributed by atoms with Crippen LogP contribution in [0.5, 0.6) is 5.75 Å². The summed E-state index contributed by atoms with van der Waals surface area (Å²) in [5.74, 6) is 6.48. The van der Waals surface area contributed by atoms with Gasteiger partial charge in [-0.2, -0.15) is 0 Å². The molecule has 5 heteroatoms. The first-order valence-corrected chi connectivity index (χ1v) is 4.99. The Labute approximate surface area is 98.8 Å². The fraction of sp³-hybridized carbons (Fsp3) is 0.273. The third kappa shape index (κ3) is 3.74. The maximum atomic E-state index is 8.06. The highest BCUT2D eigenvalue weighted by atomic mass is 35.5. The van der Waals surface area contributed by atoms with Gasteiger partial charge in [0.25, 0.3) is 0 Å². The van der Waals surface area contributed by atoms with Gasteiger partial charge in [-0.25, -0.2) is 0 Å². The molecule has 0 atom stereocenters. The maximum Gasteiger partial charge on any atom is 0.120 e. The maximum absolute atomic E-state index is 8.06. The minimum atomic E-state index is 0.372. The Bertz CT molecular complexity index is 470. The molecule has 0 saturated carbocycles. The summed E-state index contributed by atoms with van der Waals surface area (Å²) in [6.45, 7) is 0.372. The highest BCUT2D eigenvalue weighted by molar-refractivity contribution is 6.31. The van der Waals surface area contributed by atoms with Crippen LogP contribution in [0.25, 0.3) is 10.4 Å². The molecule has 0 aromatic heterocycles. The van der Waals surface area contributed by atoms with Gasteiger partial charge in [-0.05, 0) is 23.7 Å². The van der Waals surface area contributed by atoms with Crippen molar-refractivity contribution in [3.63, 3.8) is 0 Å². The predicted molar refractivity (Wildman–Crippen MR) is 63.5 cm³/mol. The van der Waals surface area contributed by atoms with E-state index >= 15 is 0 Å². The van der Waals surface area contributed by atoms with Crippen LogP contribution in [0.2, 0.25) is 5.02 Å². The first-order valence-electron chi connectivity index (χ1n) is 4.61. The summed E-state index contributed by atoms with van der Waals surface area (Å²) >= 11 is 5.98. The second-order valence-corrected chi connectivity index (χ2v) is 3.26. The summed E-state index contributed by atoms with van der Waals surface area (Å²) in [4.78, 5) is 2.64. The van der Waals surface area contributed by atoms with E-state index in [0.717, 1.165) is 5.56 Å². The van der Waals surface area contributed by atoms with E-state index in [2.05, 4.69) is 21.9 Å². The topological polar surface area (TPSA) is 58.0 Å². The standard InChI is InChI=1S/C11H10ClN3O/c1-16-10-6-5-9(11(12)8-10)4-2-3-7-14-15-13/h5-6,8H,3,7H2,1H3. The van der Waals surface area contributed by atoms with E-state index in [0.29, 0.717) is 23.7 Å². The molecule has 0 heterocycles. The molecule has 0 radical (unpaired) electrons. The highest BCUT2D eigenvalue weighted by Gasteiger charge is 1.98. The molecule has 0 aliphatic heterocycles. The molecular weight excluding hydrogens is 226 g/mol. The highest BCUT2D eigenvalue weighted by Crippen LogP contribution is 2.21.